The van der Waals surface area contributed by atoms with Crippen molar-refractivity contribution in [3.63, 3.8) is 0 Å². The molecule has 0 aliphatic heterocycles. The van der Waals surface area contributed by atoms with E-state index in [1.165, 1.54) is 5.56 Å². The van der Waals surface area contributed by atoms with Gasteiger partial charge in [-0.3, -0.25) is 9.89 Å². The number of amides is 1. The molecule has 0 saturated carbocycles. The van der Waals surface area contributed by atoms with Crippen molar-refractivity contribution >= 4 is 5.91 Å². The Morgan fingerprint density at radius 1 is 1.24 bits per heavy atom. The van der Waals surface area contributed by atoms with Gasteiger partial charge in [0.15, 0.2) is 5.82 Å². The van der Waals surface area contributed by atoms with Gasteiger partial charge in [0, 0.05) is 18.9 Å². The van der Waals surface area contributed by atoms with Crippen LogP contribution in [0.2, 0.25) is 0 Å². The van der Waals surface area contributed by atoms with E-state index >= 15 is 0 Å². The Balaban J connectivity index is 1.68. The molecule has 0 fully saturated rings. The van der Waals surface area contributed by atoms with E-state index in [0.29, 0.717) is 0 Å². The van der Waals surface area contributed by atoms with Gasteiger partial charge < -0.3 is 5.32 Å². The molecule has 2 unspecified atom stereocenters. The van der Waals surface area contributed by atoms with Gasteiger partial charge in [0.2, 0.25) is 5.91 Å². The van der Waals surface area contributed by atoms with Crippen LogP contribution in [0.15, 0.2) is 42.5 Å². The van der Waals surface area contributed by atoms with Gasteiger partial charge in [-0.15, -0.1) is 0 Å². The highest BCUT2D eigenvalue weighted by atomic mass is 16.1. The fourth-order valence-corrected chi connectivity index (χ4v) is 3.25. The lowest BCUT2D eigenvalue weighted by Crippen LogP contribution is -2.35. The summed E-state index contributed by atoms with van der Waals surface area (Å²) in [6, 6.07) is 10.2. The average molecular weight is 338 g/mol. The molecule has 2 aromatic rings. The number of H-pyrrole nitrogens is 1. The summed E-state index contributed by atoms with van der Waals surface area (Å²) in [6.45, 7) is 2.87. The Morgan fingerprint density at radius 3 is 2.84 bits per heavy atom. The summed E-state index contributed by atoms with van der Waals surface area (Å²) < 4.78 is 0. The highest BCUT2D eigenvalue weighted by Gasteiger charge is 2.32. The predicted octanol–water partition coefficient (Wildman–Crippen LogP) is 3.36. The maximum absolute atomic E-state index is 12.5. The number of benzene rings is 1. The number of aromatic nitrogens is 3. The molecule has 132 valence electrons. The molecule has 2 N–H and O–H groups in total. The average Bonchev–Trinajstić information content (AvgIpc) is 3.11. The molecule has 1 aromatic carbocycles. The first-order valence-corrected chi connectivity index (χ1v) is 9.15. The van der Waals surface area contributed by atoms with Gasteiger partial charge in [-0.05, 0) is 24.8 Å². The number of unbranched alkanes of at least 4 members (excludes halogenated alkanes) is 1. The largest absolute Gasteiger partial charge is 0.356 e. The van der Waals surface area contributed by atoms with Crippen LogP contribution in [-0.4, -0.2) is 27.6 Å². The summed E-state index contributed by atoms with van der Waals surface area (Å²) in [6.07, 6.45) is 8.62. The summed E-state index contributed by atoms with van der Waals surface area (Å²) in [5.74, 6) is 1.69. The third-order valence-corrected chi connectivity index (χ3v) is 4.69. The number of rotatable bonds is 7. The first kappa shape index (κ1) is 17.4. The fourth-order valence-electron chi connectivity index (χ4n) is 3.25. The maximum Gasteiger partial charge on any atom is 0.224 e. The molecule has 5 nitrogen and oxygen atoms in total. The summed E-state index contributed by atoms with van der Waals surface area (Å²) in [7, 11) is 0. The van der Waals surface area contributed by atoms with Crippen LogP contribution in [0.5, 0.6) is 0 Å². The first-order valence-electron chi connectivity index (χ1n) is 9.15. The third-order valence-electron chi connectivity index (χ3n) is 4.69. The van der Waals surface area contributed by atoms with E-state index in [4.69, 9.17) is 0 Å². The van der Waals surface area contributed by atoms with Gasteiger partial charge in [0.05, 0.1) is 5.92 Å². The molecule has 0 saturated heterocycles. The molecular weight excluding hydrogens is 312 g/mol. The number of aromatic amines is 1. The van der Waals surface area contributed by atoms with Crippen LogP contribution >= 0.6 is 0 Å². The van der Waals surface area contributed by atoms with E-state index in [-0.39, 0.29) is 17.7 Å². The maximum atomic E-state index is 12.5. The van der Waals surface area contributed by atoms with Crippen LogP contribution in [0.3, 0.4) is 0 Å². The Morgan fingerprint density at radius 2 is 2.04 bits per heavy atom. The first-order chi connectivity index (χ1) is 12.3. The highest BCUT2D eigenvalue weighted by Crippen LogP contribution is 2.33. The summed E-state index contributed by atoms with van der Waals surface area (Å²) in [5, 5.41) is 10.5. The number of nitrogens with one attached hydrogen (secondary N) is 2. The fraction of sp³-hybridized carbons (Fsp3) is 0.450. The van der Waals surface area contributed by atoms with Crippen LogP contribution in [0.25, 0.3) is 0 Å². The van der Waals surface area contributed by atoms with Crippen molar-refractivity contribution in [1.29, 1.82) is 0 Å². The van der Waals surface area contributed by atoms with Crippen molar-refractivity contribution in [1.82, 2.24) is 20.5 Å². The van der Waals surface area contributed by atoms with Gasteiger partial charge >= 0.3 is 0 Å². The Labute approximate surface area is 149 Å². The lowest BCUT2D eigenvalue weighted by atomic mass is 9.82. The molecule has 1 heterocycles. The van der Waals surface area contributed by atoms with E-state index in [9.17, 15) is 4.79 Å². The van der Waals surface area contributed by atoms with Crippen LogP contribution in [0, 0.1) is 5.92 Å². The number of allylic oxidation sites excluding steroid dienone is 2. The van der Waals surface area contributed by atoms with Crippen molar-refractivity contribution in [2.75, 3.05) is 6.54 Å². The van der Waals surface area contributed by atoms with E-state index in [1.54, 1.807) is 0 Å². The zero-order valence-electron chi connectivity index (χ0n) is 14.7. The summed E-state index contributed by atoms with van der Waals surface area (Å²) in [4.78, 5) is 17.2. The van der Waals surface area contributed by atoms with E-state index in [1.807, 2.05) is 18.2 Å². The van der Waals surface area contributed by atoms with Crippen LogP contribution in [0.4, 0.5) is 0 Å². The van der Waals surface area contributed by atoms with Crippen molar-refractivity contribution in [3.05, 3.63) is 59.7 Å². The number of hydrogen-bond donors (Lipinski definition) is 2. The number of carbonyl (C=O) groups is 1. The van der Waals surface area contributed by atoms with Gasteiger partial charge in [0.1, 0.15) is 5.82 Å². The molecule has 2 atom stereocenters. The van der Waals surface area contributed by atoms with Crippen molar-refractivity contribution in [3.8, 4) is 0 Å². The lowest BCUT2D eigenvalue weighted by Gasteiger charge is -2.25. The molecule has 0 radical (unpaired) electrons. The molecule has 3 rings (SSSR count). The minimum absolute atomic E-state index is 0.0485. The van der Waals surface area contributed by atoms with Crippen LogP contribution in [0.1, 0.15) is 55.7 Å². The number of carbonyl (C=O) groups excluding carboxylic acids is 1. The number of hydrogen-bond acceptors (Lipinski definition) is 3. The van der Waals surface area contributed by atoms with Crippen LogP contribution in [-0.2, 0) is 11.2 Å². The Bertz CT molecular complexity index is 707. The summed E-state index contributed by atoms with van der Waals surface area (Å²) >= 11 is 0. The third kappa shape index (κ3) is 4.56. The minimum atomic E-state index is -0.0813. The second-order valence-corrected chi connectivity index (χ2v) is 6.60. The highest BCUT2D eigenvalue weighted by molar-refractivity contribution is 5.80. The Hall–Kier alpha value is -2.43. The molecule has 5 heteroatoms. The van der Waals surface area contributed by atoms with Gasteiger partial charge in [-0.1, -0.05) is 55.8 Å². The monoisotopic (exact) mass is 338 g/mol. The summed E-state index contributed by atoms with van der Waals surface area (Å²) in [5.41, 5.74) is 1.20. The molecule has 0 spiro atoms. The second kappa shape index (κ2) is 8.60. The Kier molecular flexibility index (Phi) is 5.99. The van der Waals surface area contributed by atoms with E-state index in [2.05, 4.69) is 51.7 Å². The predicted molar refractivity (Wildman–Crippen MR) is 98.2 cm³/mol. The quantitative estimate of drug-likeness (QED) is 0.601. The molecule has 0 bridgehead atoms. The van der Waals surface area contributed by atoms with Gasteiger partial charge in [-0.2, -0.15) is 5.10 Å². The smallest absolute Gasteiger partial charge is 0.224 e. The molecule has 1 aliphatic rings. The van der Waals surface area contributed by atoms with E-state index < -0.39 is 0 Å². The topological polar surface area (TPSA) is 70.7 Å². The molecule has 1 aromatic heterocycles. The van der Waals surface area contributed by atoms with Crippen LogP contribution < -0.4 is 5.32 Å². The molecule has 1 amide bonds. The SMILES string of the molecule is CCCCNC(=O)C1CC=CCC1c1n[nH]c(Cc2ccccc2)n1. The van der Waals surface area contributed by atoms with Gasteiger partial charge in [0.25, 0.3) is 0 Å². The zero-order valence-corrected chi connectivity index (χ0v) is 14.7. The number of nitrogens with zero attached hydrogens (tertiary/aromatic N) is 2. The molecular formula is C20H26N4O. The van der Waals surface area contributed by atoms with Gasteiger partial charge in [-0.25, -0.2) is 4.98 Å². The van der Waals surface area contributed by atoms with Crippen molar-refractivity contribution in [2.24, 2.45) is 5.92 Å². The molecule has 25 heavy (non-hydrogen) atoms. The second-order valence-electron chi connectivity index (χ2n) is 6.60. The molecule has 1 aliphatic carbocycles. The van der Waals surface area contributed by atoms with Crippen molar-refractivity contribution in [2.45, 2.75) is 44.9 Å². The van der Waals surface area contributed by atoms with E-state index in [0.717, 1.165) is 50.3 Å². The standard InChI is InChI=1S/C20H26N4O/c1-2-3-13-21-20(25)17-12-8-7-11-16(17)19-22-18(23-24-19)14-15-9-5-4-6-10-15/h4-10,16-17H,2-3,11-14H2,1H3,(H,21,25)(H,22,23,24). The minimum Gasteiger partial charge on any atom is -0.356 e. The normalized spacial score (nSPS) is 19.7. The van der Waals surface area contributed by atoms with Crippen molar-refractivity contribution < 1.29 is 4.79 Å². The lowest BCUT2D eigenvalue weighted by molar-refractivity contribution is -0.125. The zero-order chi connectivity index (χ0) is 17.5.